The van der Waals surface area contributed by atoms with Gasteiger partial charge in [-0.2, -0.15) is 0 Å². The van der Waals surface area contributed by atoms with E-state index in [1.807, 2.05) is 36.1 Å². The second kappa shape index (κ2) is 7.34. The minimum atomic E-state index is -0.414. The van der Waals surface area contributed by atoms with E-state index < -0.39 is 6.10 Å². The zero-order chi connectivity index (χ0) is 15.2. The number of hydrogen-bond donors (Lipinski definition) is 0. The minimum absolute atomic E-state index is 0.104. The molecule has 0 N–H and O–H groups in total. The molecule has 116 valence electrons. The van der Waals surface area contributed by atoms with Gasteiger partial charge < -0.3 is 14.4 Å². The molecule has 1 heterocycles. The Morgan fingerprint density at radius 3 is 2.86 bits per heavy atom. The van der Waals surface area contributed by atoms with Crippen molar-refractivity contribution in [3.8, 4) is 11.5 Å². The van der Waals surface area contributed by atoms with Gasteiger partial charge in [0.05, 0.1) is 7.11 Å². The van der Waals surface area contributed by atoms with Crippen molar-refractivity contribution in [2.75, 3.05) is 20.2 Å². The molecule has 0 aliphatic carbocycles. The van der Waals surface area contributed by atoms with Crippen molar-refractivity contribution in [1.29, 1.82) is 0 Å². The Labute approximate surface area is 127 Å². The Morgan fingerprint density at radius 1 is 1.43 bits per heavy atom. The zero-order valence-corrected chi connectivity index (χ0v) is 13.2. The third-order valence-corrected chi connectivity index (χ3v) is 3.93. The first-order chi connectivity index (χ1) is 10.1. The lowest BCUT2D eigenvalue weighted by atomic mass is 9.99. The fourth-order valence-electron chi connectivity index (χ4n) is 2.74. The second-order valence-electron chi connectivity index (χ2n) is 5.73. The minimum Gasteiger partial charge on any atom is -0.497 e. The van der Waals surface area contributed by atoms with E-state index in [0.717, 1.165) is 25.3 Å². The van der Waals surface area contributed by atoms with Crippen LogP contribution in [0.15, 0.2) is 24.3 Å². The first-order valence-corrected chi connectivity index (χ1v) is 7.73. The van der Waals surface area contributed by atoms with Crippen molar-refractivity contribution in [3.05, 3.63) is 24.3 Å². The number of methoxy groups -OCH3 is 1. The summed E-state index contributed by atoms with van der Waals surface area (Å²) in [6.45, 7) is 5.87. The van der Waals surface area contributed by atoms with Crippen LogP contribution in [-0.4, -0.2) is 37.1 Å². The number of benzene rings is 1. The molecule has 2 rings (SSSR count). The van der Waals surface area contributed by atoms with Gasteiger partial charge >= 0.3 is 0 Å². The smallest absolute Gasteiger partial charge is 0.263 e. The first kappa shape index (κ1) is 15.7. The van der Waals surface area contributed by atoms with Crippen LogP contribution >= 0.6 is 0 Å². The molecule has 1 aliphatic rings. The lowest BCUT2D eigenvalue weighted by Gasteiger charge is -2.33. The summed E-state index contributed by atoms with van der Waals surface area (Å²) < 4.78 is 11.1. The van der Waals surface area contributed by atoms with Crippen LogP contribution in [-0.2, 0) is 4.79 Å². The average Bonchev–Trinajstić information content (AvgIpc) is 2.52. The number of amides is 1. The van der Waals surface area contributed by atoms with E-state index in [2.05, 4.69) is 6.92 Å². The zero-order valence-electron chi connectivity index (χ0n) is 13.2. The summed E-state index contributed by atoms with van der Waals surface area (Å²) in [5, 5.41) is 0. The van der Waals surface area contributed by atoms with Crippen molar-refractivity contribution in [3.63, 3.8) is 0 Å². The van der Waals surface area contributed by atoms with Crippen molar-refractivity contribution in [2.45, 2.75) is 39.2 Å². The number of nitrogens with zero attached hydrogens (tertiary/aromatic N) is 1. The van der Waals surface area contributed by atoms with Gasteiger partial charge in [-0.15, -0.1) is 0 Å². The van der Waals surface area contributed by atoms with Crippen molar-refractivity contribution < 1.29 is 14.3 Å². The van der Waals surface area contributed by atoms with Gasteiger partial charge in [0.25, 0.3) is 5.91 Å². The standard InChI is InChI=1S/C17H25NO3/c1-4-16(17(19)18-10-6-7-13(2)12-18)21-15-9-5-8-14(11-15)20-3/h5,8-9,11,13,16H,4,6-7,10,12H2,1-3H3/t13-,16+/m0/s1. The van der Waals surface area contributed by atoms with Crippen LogP contribution in [0.1, 0.15) is 33.1 Å². The van der Waals surface area contributed by atoms with Crippen molar-refractivity contribution >= 4 is 5.91 Å². The van der Waals surface area contributed by atoms with Crippen LogP contribution < -0.4 is 9.47 Å². The number of carbonyl (C=O) groups is 1. The summed E-state index contributed by atoms with van der Waals surface area (Å²) in [5.41, 5.74) is 0. The second-order valence-corrected chi connectivity index (χ2v) is 5.73. The summed E-state index contributed by atoms with van der Waals surface area (Å²) in [5.74, 6) is 2.10. The quantitative estimate of drug-likeness (QED) is 0.836. The highest BCUT2D eigenvalue weighted by Crippen LogP contribution is 2.22. The average molecular weight is 291 g/mol. The summed E-state index contributed by atoms with van der Waals surface area (Å²) in [7, 11) is 1.62. The molecule has 4 nitrogen and oxygen atoms in total. The van der Waals surface area contributed by atoms with Crippen LogP contribution in [0.2, 0.25) is 0 Å². The summed E-state index contributed by atoms with van der Waals surface area (Å²) in [6, 6.07) is 7.41. The monoisotopic (exact) mass is 291 g/mol. The molecule has 0 spiro atoms. The number of rotatable bonds is 5. The fourth-order valence-corrected chi connectivity index (χ4v) is 2.74. The third-order valence-electron chi connectivity index (χ3n) is 3.93. The molecule has 1 amide bonds. The molecule has 1 aliphatic heterocycles. The van der Waals surface area contributed by atoms with Crippen molar-refractivity contribution in [2.24, 2.45) is 5.92 Å². The Bertz CT molecular complexity index is 475. The maximum absolute atomic E-state index is 12.6. The van der Waals surface area contributed by atoms with Gasteiger partial charge in [0.1, 0.15) is 11.5 Å². The molecule has 0 unspecified atom stereocenters. The summed E-state index contributed by atoms with van der Waals surface area (Å²) in [6.07, 6.45) is 2.54. The molecule has 1 aromatic carbocycles. The summed E-state index contributed by atoms with van der Waals surface area (Å²) >= 11 is 0. The molecule has 21 heavy (non-hydrogen) atoms. The maximum atomic E-state index is 12.6. The van der Waals surface area contributed by atoms with Gasteiger partial charge in [-0.25, -0.2) is 0 Å². The Hall–Kier alpha value is -1.71. The fraction of sp³-hybridized carbons (Fsp3) is 0.588. The predicted octanol–water partition coefficient (Wildman–Crippen LogP) is 3.11. The molecule has 0 saturated carbocycles. The van der Waals surface area contributed by atoms with Gasteiger partial charge in [-0.05, 0) is 37.3 Å². The highest BCUT2D eigenvalue weighted by atomic mass is 16.5. The molecule has 1 saturated heterocycles. The van der Waals surface area contributed by atoms with Crippen LogP contribution in [0.3, 0.4) is 0 Å². The third kappa shape index (κ3) is 4.13. The molecule has 4 heteroatoms. The first-order valence-electron chi connectivity index (χ1n) is 7.73. The number of likely N-dealkylation sites (tertiary alicyclic amines) is 1. The Morgan fingerprint density at radius 2 is 2.19 bits per heavy atom. The van der Waals surface area contributed by atoms with E-state index in [4.69, 9.17) is 9.47 Å². The lowest BCUT2D eigenvalue weighted by molar-refractivity contribution is -0.140. The van der Waals surface area contributed by atoms with Crippen LogP contribution in [0.25, 0.3) is 0 Å². The topological polar surface area (TPSA) is 38.8 Å². The Balaban J connectivity index is 2.02. The molecule has 1 fully saturated rings. The van der Waals surface area contributed by atoms with Gasteiger partial charge in [0.15, 0.2) is 6.10 Å². The van der Waals surface area contributed by atoms with Crippen LogP contribution in [0.4, 0.5) is 0 Å². The van der Waals surface area contributed by atoms with E-state index in [1.165, 1.54) is 6.42 Å². The maximum Gasteiger partial charge on any atom is 0.263 e. The molecule has 0 bridgehead atoms. The van der Waals surface area contributed by atoms with Gasteiger partial charge in [0.2, 0.25) is 0 Å². The molecule has 0 aromatic heterocycles. The molecular formula is C17H25NO3. The van der Waals surface area contributed by atoms with E-state index in [0.29, 0.717) is 18.1 Å². The van der Waals surface area contributed by atoms with Gasteiger partial charge in [0, 0.05) is 19.2 Å². The number of carbonyl (C=O) groups excluding carboxylic acids is 1. The van der Waals surface area contributed by atoms with E-state index in [1.54, 1.807) is 7.11 Å². The molecule has 1 aromatic rings. The molecule has 0 radical (unpaired) electrons. The number of ether oxygens (including phenoxy) is 2. The van der Waals surface area contributed by atoms with Crippen molar-refractivity contribution in [1.82, 2.24) is 4.90 Å². The largest absolute Gasteiger partial charge is 0.497 e. The van der Waals surface area contributed by atoms with E-state index in [9.17, 15) is 4.79 Å². The van der Waals surface area contributed by atoms with E-state index in [-0.39, 0.29) is 5.91 Å². The van der Waals surface area contributed by atoms with Crippen LogP contribution in [0.5, 0.6) is 11.5 Å². The SMILES string of the molecule is CC[C@@H](Oc1cccc(OC)c1)C(=O)N1CCC[C@H](C)C1. The molecular weight excluding hydrogens is 266 g/mol. The predicted molar refractivity (Wildman–Crippen MR) is 82.7 cm³/mol. The normalized spacial score (nSPS) is 20.0. The van der Waals surface area contributed by atoms with Crippen LogP contribution in [0, 0.1) is 5.92 Å². The summed E-state index contributed by atoms with van der Waals surface area (Å²) in [4.78, 5) is 14.6. The highest BCUT2D eigenvalue weighted by molar-refractivity contribution is 5.81. The van der Waals surface area contributed by atoms with Gasteiger partial charge in [-0.3, -0.25) is 4.79 Å². The van der Waals surface area contributed by atoms with E-state index >= 15 is 0 Å². The number of hydrogen-bond acceptors (Lipinski definition) is 3. The molecule has 2 atom stereocenters. The Kier molecular flexibility index (Phi) is 5.48. The lowest BCUT2D eigenvalue weighted by Crippen LogP contribution is -2.46. The highest BCUT2D eigenvalue weighted by Gasteiger charge is 2.27. The number of piperidine rings is 1. The van der Waals surface area contributed by atoms with Gasteiger partial charge in [-0.1, -0.05) is 19.9 Å².